The molecule has 1 aromatic carbocycles. The van der Waals surface area contributed by atoms with Gasteiger partial charge >= 0.3 is 0 Å². The van der Waals surface area contributed by atoms with Crippen LogP contribution < -0.4 is 0 Å². The zero-order valence-corrected chi connectivity index (χ0v) is 28.5. The maximum absolute atomic E-state index is 12.1. The van der Waals surface area contributed by atoms with E-state index in [0.29, 0.717) is 139 Å². The molecule has 0 aromatic heterocycles. The molecular formula is C31H56O14S. The van der Waals surface area contributed by atoms with Crippen LogP contribution in [0.15, 0.2) is 29.2 Å². The van der Waals surface area contributed by atoms with Gasteiger partial charge in [0.05, 0.1) is 150 Å². The molecule has 0 aliphatic rings. The van der Waals surface area contributed by atoms with E-state index in [2.05, 4.69) is 0 Å². The minimum absolute atomic E-state index is 0.0587. The number of benzene rings is 1. The van der Waals surface area contributed by atoms with Crippen molar-refractivity contribution < 1.29 is 64.7 Å². The molecule has 0 aliphatic carbocycles. The zero-order valence-electron chi connectivity index (χ0n) is 27.7. The Kier molecular flexibility index (Phi) is 29.9. The number of aryl methyl sites for hydroxylation is 1. The summed E-state index contributed by atoms with van der Waals surface area (Å²) in [6.45, 7) is 14.4. The minimum Gasteiger partial charge on any atom is -0.379 e. The molecule has 46 heavy (non-hydrogen) atoms. The van der Waals surface area contributed by atoms with E-state index >= 15 is 0 Å². The summed E-state index contributed by atoms with van der Waals surface area (Å²) in [5.74, 6) is 0. The third-order valence-corrected chi connectivity index (χ3v) is 7.03. The van der Waals surface area contributed by atoms with Crippen LogP contribution in [0.25, 0.3) is 0 Å². The van der Waals surface area contributed by atoms with Crippen molar-refractivity contribution in [3.8, 4) is 0 Å². The quantitative estimate of drug-likeness (QED) is 0.0749. The van der Waals surface area contributed by atoms with Crippen LogP contribution in [0.4, 0.5) is 0 Å². The normalized spacial score (nSPS) is 11.9. The molecule has 0 atom stereocenters. The summed E-state index contributed by atoms with van der Waals surface area (Å²) in [4.78, 5) is 0.128. The smallest absolute Gasteiger partial charge is 0.297 e. The van der Waals surface area contributed by atoms with Gasteiger partial charge in [-0.3, -0.25) is 4.18 Å². The van der Waals surface area contributed by atoms with Gasteiger partial charge in [0.1, 0.15) is 0 Å². The lowest BCUT2D eigenvalue weighted by molar-refractivity contribution is -0.0276. The fourth-order valence-electron chi connectivity index (χ4n) is 3.32. The van der Waals surface area contributed by atoms with Crippen LogP contribution in [0.1, 0.15) is 12.5 Å². The first-order chi connectivity index (χ1) is 22.6. The van der Waals surface area contributed by atoms with Crippen molar-refractivity contribution in [2.24, 2.45) is 0 Å². The fourth-order valence-corrected chi connectivity index (χ4v) is 4.21. The molecule has 15 heteroatoms. The topological polar surface area (TPSA) is 145 Å². The highest BCUT2D eigenvalue weighted by molar-refractivity contribution is 7.86. The Hall–Kier alpha value is -1.31. The highest BCUT2D eigenvalue weighted by Gasteiger charge is 2.14. The summed E-state index contributed by atoms with van der Waals surface area (Å²) in [5, 5.41) is 0. The first-order valence-electron chi connectivity index (χ1n) is 15.9. The third kappa shape index (κ3) is 27.8. The predicted octanol–water partition coefficient (Wildman–Crippen LogP) is 1.90. The molecule has 0 amide bonds. The first kappa shape index (κ1) is 42.7. The average molecular weight is 685 g/mol. The highest BCUT2D eigenvalue weighted by atomic mass is 32.2. The molecule has 0 unspecified atom stereocenters. The average Bonchev–Trinajstić information content (AvgIpc) is 3.05. The maximum Gasteiger partial charge on any atom is 0.297 e. The van der Waals surface area contributed by atoms with Gasteiger partial charge in [0, 0.05) is 6.61 Å². The highest BCUT2D eigenvalue weighted by Crippen LogP contribution is 2.12. The molecule has 0 spiro atoms. The van der Waals surface area contributed by atoms with Gasteiger partial charge in [-0.15, -0.1) is 0 Å². The van der Waals surface area contributed by atoms with Crippen LogP contribution in [0.2, 0.25) is 0 Å². The Labute approximate surface area is 275 Å². The van der Waals surface area contributed by atoms with E-state index in [1.54, 1.807) is 12.1 Å². The van der Waals surface area contributed by atoms with Crippen LogP contribution in [0.3, 0.4) is 0 Å². The van der Waals surface area contributed by atoms with E-state index in [9.17, 15) is 8.42 Å². The Balaban J connectivity index is 1.68. The van der Waals surface area contributed by atoms with Crippen molar-refractivity contribution in [1.29, 1.82) is 0 Å². The van der Waals surface area contributed by atoms with Gasteiger partial charge in [0.15, 0.2) is 0 Å². The molecule has 270 valence electrons. The Morgan fingerprint density at radius 1 is 0.391 bits per heavy atom. The van der Waals surface area contributed by atoms with Gasteiger partial charge in [-0.1, -0.05) is 17.7 Å². The van der Waals surface area contributed by atoms with Gasteiger partial charge in [0.25, 0.3) is 10.1 Å². The summed E-state index contributed by atoms with van der Waals surface area (Å²) >= 11 is 0. The fraction of sp³-hybridized carbons (Fsp3) is 0.806. The summed E-state index contributed by atoms with van der Waals surface area (Å²) in [6.07, 6.45) is 0. The van der Waals surface area contributed by atoms with Crippen molar-refractivity contribution >= 4 is 10.1 Å². The first-order valence-corrected chi connectivity index (χ1v) is 17.3. The molecule has 14 nitrogen and oxygen atoms in total. The van der Waals surface area contributed by atoms with Gasteiger partial charge in [0.2, 0.25) is 0 Å². The van der Waals surface area contributed by atoms with Gasteiger partial charge in [-0.05, 0) is 26.0 Å². The van der Waals surface area contributed by atoms with E-state index in [4.69, 9.17) is 56.3 Å². The molecule has 0 heterocycles. The Bertz CT molecular complexity index is 872. The van der Waals surface area contributed by atoms with E-state index in [-0.39, 0.29) is 18.1 Å². The van der Waals surface area contributed by atoms with Crippen molar-refractivity contribution in [1.82, 2.24) is 0 Å². The predicted molar refractivity (Wildman–Crippen MR) is 169 cm³/mol. The zero-order chi connectivity index (χ0) is 33.2. The van der Waals surface area contributed by atoms with Crippen molar-refractivity contribution in [3.63, 3.8) is 0 Å². The monoisotopic (exact) mass is 684 g/mol. The number of rotatable bonds is 36. The Morgan fingerprint density at radius 2 is 0.630 bits per heavy atom. The second kappa shape index (κ2) is 32.2. The molecule has 1 aromatic rings. The SMILES string of the molecule is CCOCCOCCOCCOCCOCCOCCOCCOCCOCCOCCOCCOS(=O)(=O)c1ccc(C)cc1. The molecule has 0 saturated carbocycles. The molecular weight excluding hydrogens is 628 g/mol. The lowest BCUT2D eigenvalue weighted by Gasteiger charge is -2.09. The minimum atomic E-state index is -3.77. The van der Waals surface area contributed by atoms with Gasteiger partial charge in [-0.25, -0.2) is 0 Å². The Morgan fingerprint density at radius 3 is 0.891 bits per heavy atom. The standard InChI is InChI=1S/C31H56O14S/c1-3-34-8-9-35-10-11-36-12-13-37-14-15-38-16-17-39-18-19-40-20-21-41-22-23-42-24-25-43-26-27-44-28-29-45-46(32,33)31-6-4-30(2)5-7-31/h4-7H,3,8-29H2,1-2H3. The van der Waals surface area contributed by atoms with Crippen molar-refractivity contribution in [2.75, 3.05) is 152 Å². The lowest BCUT2D eigenvalue weighted by atomic mass is 10.2. The summed E-state index contributed by atoms with van der Waals surface area (Å²) in [7, 11) is -3.77. The second-order valence-electron chi connectivity index (χ2n) is 9.41. The largest absolute Gasteiger partial charge is 0.379 e. The second-order valence-corrected chi connectivity index (χ2v) is 11.0. The van der Waals surface area contributed by atoms with Crippen LogP contribution in [-0.2, 0) is 66.4 Å². The lowest BCUT2D eigenvalue weighted by Crippen LogP contribution is -2.16. The van der Waals surface area contributed by atoms with E-state index in [0.717, 1.165) is 5.56 Å². The molecule has 0 fully saturated rings. The number of hydrogen-bond donors (Lipinski definition) is 0. The molecule has 0 radical (unpaired) electrons. The maximum atomic E-state index is 12.1. The summed E-state index contributed by atoms with van der Waals surface area (Å²) in [5.41, 5.74) is 0.975. The molecule has 1 rings (SSSR count). The molecule has 0 bridgehead atoms. The van der Waals surface area contributed by atoms with Crippen LogP contribution in [0, 0.1) is 6.92 Å². The van der Waals surface area contributed by atoms with E-state index in [1.165, 1.54) is 12.1 Å². The third-order valence-electron chi connectivity index (χ3n) is 5.70. The van der Waals surface area contributed by atoms with Crippen LogP contribution in [0.5, 0.6) is 0 Å². The van der Waals surface area contributed by atoms with Crippen LogP contribution in [-0.4, -0.2) is 160 Å². The van der Waals surface area contributed by atoms with Crippen molar-refractivity contribution in [2.45, 2.75) is 18.7 Å². The number of ether oxygens (including phenoxy) is 11. The van der Waals surface area contributed by atoms with Gasteiger partial charge < -0.3 is 52.1 Å². The molecule has 0 aliphatic heterocycles. The summed E-state index contributed by atoms with van der Waals surface area (Å²) in [6, 6.07) is 6.48. The number of hydrogen-bond acceptors (Lipinski definition) is 14. The molecule has 0 N–H and O–H groups in total. The van der Waals surface area contributed by atoms with Gasteiger partial charge in [-0.2, -0.15) is 8.42 Å². The summed E-state index contributed by atoms with van der Waals surface area (Å²) < 4.78 is 88.5. The van der Waals surface area contributed by atoms with E-state index < -0.39 is 10.1 Å². The van der Waals surface area contributed by atoms with E-state index in [1.807, 2.05) is 13.8 Å². The molecule has 0 saturated heterocycles. The van der Waals surface area contributed by atoms with Crippen LogP contribution >= 0.6 is 0 Å². The van der Waals surface area contributed by atoms with Crippen molar-refractivity contribution in [3.05, 3.63) is 29.8 Å².